The average molecular weight is 399 g/mol. The maximum Gasteiger partial charge on any atom is 0.271 e. The minimum atomic E-state index is 0.0860. The number of aryl methyl sites for hydroxylation is 1. The second-order valence-electron chi connectivity index (χ2n) is 7.08. The van der Waals surface area contributed by atoms with Crippen LogP contribution in [0.2, 0.25) is 0 Å². The van der Waals surface area contributed by atoms with E-state index in [-0.39, 0.29) is 5.91 Å². The van der Waals surface area contributed by atoms with E-state index in [1.165, 1.54) is 16.9 Å². The van der Waals surface area contributed by atoms with Crippen LogP contribution < -0.4 is 0 Å². The number of thiazole rings is 1. The van der Waals surface area contributed by atoms with E-state index in [1.807, 2.05) is 20.9 Å². The predicted octanol–water partition coefficient (Wildman–Crippen LogP) is 3.03. The lowest BCUT2D eigenvalue weighted by molar-refractivity contribution is 0.0588. The van der Waals surface area contributed by atoms with Gasteiger partial charge >= 0.3 is 0 Å². The number of benzene rings is 1. The summed E-state index contributed by atoms with van der Waals surface area (Å²) in [5.74, 6) is 0.0860. The fourth-order valence-electron chi connectivity index (χ4n) is 3.54. The third-order valence-corrected chi connectivity index (χ3v) is 6.20. The Hall–Kier alpha value is -2.22. The molecular weight excluding hydrogens is 372 g/mol. The number of amides is 1. The van der Waals surface area contributed by atoms with E-state index in [4.69, 9.17) is 9.72 Å². The van der Waals surface area contributed by atoms with Gasteiger partial charge in [-0.15, -0.1) is 11.3 Å². The van der Waals surface area contributed by atoms with Gasteiger partial charge in [-0.1, -0.05) is 31.2 Å². The fourth-order valence-corrected chi connectivity index (χ4v) is 4.39. The second-order valence-corrected chi connectivity index (χ2v) is 7.91. The molecule has 0 atom stereocenters. The van der Waals surface area contributed by atoms with Gasteiger partial charge in [0.1, 0.15) is 5.69 Å². The number of piperazine rings is 1. The van der Waals surface area contributed by atoms with E-state index in [2.05, 4.69) is 36.1 Å². The molecule has 0 bridgehead atoms. The van der Waals surface area contributed by atoms with E-state index < -0.39 is 0 Å². The Balaban J connectivity index is 1.50. The third-order valence-electron chi connectivity index (χ3n) is 5.36. The Bertz CT molecular complexity index is 939. The van der Waals surface area contributed by atoms with Crippen molar-refractivity contribution in [1.29, 1.82) is 0 Å². The highest BCUT2D eigenvalue weighted by Gasteiger charge is 2.24. The zero-order valence-corrected chi connectivity index (χ0v) is 17.2. The van der Waals surface area contributed by atoms with Gasteiger partial charge in [-0.3, -0.25) is 14.1 Å². The topological polar surface area (TPSA) is 50.1 Å². The summed E-state index contributed by atoms with van der Waals surface area (Å²) in [7, 11) is 1.72. The summed E-state index contributed by atoms with van der Waals surface area (Å²) in [6, 6.07) is 8.48. The van der Waals surface area contributed by atoms with Gasteiger partial charge in [-0.05, 0) is 12.0 Å². The van der Waals surface area contributed by atoms with Crippen molar-refractivity contribution in [3.8, 4) is 11.3 Å². The number of nitrogens with zero attached hydrogens (tertiary/aromatic N) is 4. The number of fused-ring (bicyclic) bond motifs is 1. The molecule has 2 aromatic heterocycles. The monoisotopic (exact) mass is 398 g/mol. The number of carbonyl (C=O) groups is 1. The maximum atomic E-state index is 13.1. The van der Waals surface area contributed by atoms with Crippen molar-refractivity contribution in [2.75, 3.05) is 46.4 Å². The van der Waals surface area contributed by atoms with Gasteiger partial charge in [0, 0.05) is 57.0 Å². The highest BCUT2D eigenvalue weighted by Crippen LogP contribution is 2.25. The first-order chi connectivity index (χ1) is 13.7. The molecule has 7 heteroatoms. The van der Waals surface area contributed by atoms with Gasteiger partial charge in [0.25, 0.3) is 5.91 Å². The van der Waals surface area contributed by atoms with Gasteiger partial charge in [0.2, 0.25) is 0 Å². The SMILES string of the molecule is CCc1ccc(-c2cn3c(C(=O)N4CCN(CCOC)CC4)csc3n2)cc1. The van der Waals surface area contributed by atoms with E-state index >= 15 is 0 Å². The zero-order valence-electron chi connectivity index (χ0n) is 16.4. The molecule has 1 aliphatic rings. The van der Waals surface area contributed by atoms with E-state index in [0.29, 0.717) is 5.69 Å². The Labute approximate surface area is 169 Å². The lowest BCUT2D eigenvalue weighted by Gasteiger charge is -2.34. The zero-order chi connectivity index (χ0) is 19.5. The summed E-state index contributed by atoms with van der Waals surface area (Å²) in [6.07, 6.45) is 3.00. The van der Waals surface area contributed by atoms with E-state index in [1.54, 1.807) is 7.11 Å². The summed E-state index contributed by atoms with van der Waals surface area (Å²) in [4.78, 5) is 22.9. The molecule has 28 heavy (non-hydrogen) atoms. The number of rotatable bonds is 6. The quantitative estimate of drug-likeness (QED) is 0.640. The van der Waals surface area contributed by atoms with Crippen LogP contribution in [0.5, 0.6) is 0 Å². The molecule has 0 aliphatic carbocycles. The second kappa shape index (κ2) is 8.43. The molecule has 1 aliphatic heterocycles. The molecule has 1 fully saturated rings. The number of imidazole rings is 1. The molecule has 148 valence electrons. The molecule has 0 radical (unpaired) electrons. The van der Waals surface area contributed by atoms with Gasteiger partial charge in [-0.2, -0.15) is 0 Å². The number of carbonyl (C=O) groups excluding carboxylic acids is 1. The molecule has 0 unspecified atom stereocenters. The van der Waals surface area contributed by atoms with Crippen LogP contribution in [0, 0.1) is 0 Å². The molecule has 4 rings (SSSR count). The molecule has 1 aromatic carbocycles. The standard InChI is InChI=1S/C21H26N4O2S/c1-3-16-4-6-17(7-5-16)18-14-25-19(15-28-21(25)22-18)20(26)24-10-8-23(9-11-24)12-13-27-2/h4-7,14-15H,3,8-13H2,1-2H3. The summed E-state index contributed by atoms with van der Waals surface area (Å²) < 4.78 is 7.08. The lowest BCUT2D eigenvalue weighted by Crippen LogP contribution is -2.49. The van der Waals surface area contributed by atoms with Crippen LogP contribution in [-0.4, -0.2) is 71.5 Å². The number of ether oxygens (including phenoxy) is 1. The molecular formula is C21H26N4O2S. The first-order valence-corrected chi connectivity index (χ1v) is 10.6. The van der Waals surface area contributed by atoms with Crippen LogP contribution in [0.3, 0.4) is 0 Å². The molecule has 1 saturated heterocycles. The molecule has 1 amide bonds. The van der Waals surface area contributed by atoms with Crippen molar-refractivity contribution in [3.05, 3.63) is 47.1 Å². The lowest BCUT2D eigenvalue weighted by atomic mass is 10.1. The Kier molecular flexibility index (Phi) is 5.75. The van der Waals surface area contributed by atoms with Crippen molar-refractivity contribution in [2.45, 2.75) is 13.3 Å². The smallest absolute Gasteiger partial charge is 0.271 e. The van der Waals surface area contributed by atoms with Gasteiger partial charge in [0.15, 0.2) is 4.96 Å². The summed E-state index contributed by atoms with van der Waals surface area (Å²) >= 11 is 1.52. The maximum absolute atomic E-state index is 13.1. The molecule has 3 heterocycles. The van der Waals surface area contributed by atoms with Gasteiger partial charge in [-0.25, -0.2) is 4.98 Å². The molecule has 0 saturated carbocycles. The van der Waals surface area contributed by atoms with Gasteiger partial charge in [0.05, 0.1) is 12.3 Å². The summed E-state index contributed by atoms with van der Waals surface area (Å²) in [5, 5.41) is 1.92. The van der Waals surface area contributed by atoms with Crippen LogP contribution >= 0.6 is 11.3 Å². The number of aromatic nitrogens is 2. The first kappa shape index (κ1) is 19.1. The molecule has 6 nitrogen and oxygen atoms in total. The number of methoxy groups -OCH3 is 1. The van der Waals surface area contributed by atoms with Crippen LogP contribution in [0.15, 0.2) is 35.8 Å². The van der Waals surface area contributed by atoms with Crippen LogP contribution in [-0.2, 0) is 11.2 Å². The van der Waals surface area contributed by atoms with E-state index in [9.17, 15) is 4.79 Å². The van der Waals surface area contributed by atoms with Crippen molar-refractivity contribution in [1.82, 2.24) is 19.2 Å². The highest BCUT2D eigenvalue weighted by molar-refractivity contribution is 7.15. The van der Waals surface area contributed by atoms with Crippen LogP contribution in [0.25, 0.3) is 16.2 Å². The van der Waals surface area contributed by atoms with Crippen molar-refractivity contribution >= 4 is 22.2 Å². The van der Waals surface area contributed by atoms with Crippen molar-refractivity contribution in [2.24, 2.45) is 0 Å². The summed E-state index contributed by atoms with van der Waals surface area (Å²) in [6.45, 7) is 7.08. The van der Waals surface area contributed by atoms with E-state index in [0.717, 1.165) is 62.0 Å². The fraction of sp³-hybridized carbons (Fsp3) is 0.429. The summed E-state index contributed by atoms with van der Waals surface area (Å²) in [5.41, 5.74) is 4.01. The predicted molar refractivity (Wildman–Crippen MR) is 112 cm³/mol. The van der Waals surface area contributed by atoms with Crippen molar-refractivity contribution < 1.29 is 9.53 Å². The normalized spacial score (nSPS) is 15.4. The minimum Gasteiger partial charge on any atom is -0.383 e. The van der Waals surface area contributed by atoms with Crippen LogP contribution in [0.4, 0.5) is 0 Å². The molecule has 0 N–H and O–H groups in total. The highest BCUT2D eigenvalue weighted by atomic mass is 32.1. The number of hydrogen-bond donors (Lipinski definition) is 0. The van der Waals surface area contributed by atoms with Gasteiger partial charge < -0.3 is 9.64 Å². The Morgan fingerprint density at radius 3 is 2.61 bits per heavy atom. The third kappa shape index (κ3) is 3.83. The number of hydrogen-bond acceptors (Lipinski definition) is 5. The molecule has 3 aromatic rings. The van der Waals surface area contributed by atoms with Crippen molar-refractivity contribution in [3.63, 3.8) is 0 Å². The Morgan fingerprint density at radius 1 is 1.18 bits per heavy atom. The first-order valence-electron chi connectivity index (χ1n) is 9.76. The average Bonchev–Trinajstić information content (AvgIpc) is 3.33. The molecule has 0 spiro atoms. The minimum absolute atomic E-state index is 0.0860. The van der Waals surface area contributed by atoms with Crippen LogP contribution in [0.1, 0.15) is 23.0 Å². The Morgan fingerprint density at radius 2 is 1.93 bits per heavy atom. The largest absolute Gasteiger partial charge is 0.383 e.